The average Bonchev–Trinajstić information content (AvgIpc) is 2.64. The Hall–Kier alpha value is -2.01. The molecule has 1 atom stereocenters. The van der Waals surface area contributed by atoms with E-state index in [9.17, 15) is 4.39 Å². The molecule has 2 heterocycles. The highest BCUT2D eigenvalue weighted by atomic mass is 32.2. The molecule has 5 heteroatoms. The lowest BCUT2D eigenvalue weighted by molar-refractivity contribution is 0.370. The van der Waals surface area contributed by atoms with Gasteiger partial charge in [-0.05, 0) is 54.6 Å². The standard InChI is InChI=1S/C19H19FN2OS/c20-17-13-14(8-9-18(17)23-15-5-2-1-3-6-15)16-7-4-10-22-11-12-24-21-19(16)22/h1-3,5-6,8-9,13,16H,4,7,10-12H2. The van der Waals surface area contributed by atoms with Gasteiger partial charge in [-0.15, -0.1) is 0 Å². The van der Waals surface area contributed by atoms with Gasteiger partial charge in [-0.3, -0.25) is 0 Å². The number of fused-ring (bicyclic) bond motifs is 1. The van der Waals surface area contributed by atoms with Gasteiger partial charge in [0, 0.05) is 24.8 Å². The summed E-state index contributed by atoms with van der Waals surface area (Å²) in [5, 5.41) is 0. The SMILES string of the molecule is Fc1cc(C2CCCN3CCSN=C23)ccc1Oc1ccccc1. The van der Waals surface area contributed by atoms with E-state index in [2.05, 4.69) is 9.30 Å². The molecular formula is C19H19FN2OS. The van der Waals surface area contributed by atoms with Crippen LogP contribution in [-0.4, -0.2) is 29.6 Å². The maximum Gasteiger partial charge on any atom is 0.166 e. The summed E-state index contributed by atoms with van der Waals surface area (Å²) in [5.74, 6) is 2.91. The molecule has 1 saturated heterocycles. The van der Waals surface area contributed by atoms with Crippen LogP contribution in [0.1, 0.15) is 24.3 Å². The van der Waals surface area contributed by atoms with Gasteiger partial charge in [0.1, 0.15) is 11.6 Å². The highest BCUT2D eigenvalue weighted by Gasteiger charge is 2.30. The van der Waals surface area contributed by atoms with Crippen molar-refractivity contribution in [3.63, 3.8) is 0 Å². The van der Waals surface area contributed by atoms with Crippen LogP contribution >= 0.6 is 11.9 Å². The fourth-order valence-corrected chi connectivity index (χ4v) is 4.08. The van der Waals surface area contributed by atoms with Crippen molar-refractivity contribution < 1.29 is 9.13 Å². The summed E-state index contributed by atoms with van der Waals surface area (Å²) in [6.07, 6.45) is 2.15. The van der Waals surface area contributed by atoms with E-state index >= 15 is 0 Å². The maximum atomic E-state index is 14.5. The number of para-hydroxylation sites is 1. The van der Waals surface area contributed by atoms with Crippen LogP contribution in [0.3, 0.4) is 0 Å². The van der Waals surface area contributed by atoms with E-state index in [-0.39, 0.29) is 17.5 Å². The van der Waals surface area contributed by atoms with Gasteiger partial charge in [0.25, 0.3) is 0 Å². The first-order chi connectivity index (χ1) is 11.8. The Morgan fingerprint density at radius 1 is 1.12 bits per heavy atom. The number of hydrogen-bond donors (Lipinski definition) is 0. The molecule has 2 aromatic rings. The highest BCUT2D eigenvalue weighted by molar-refractivity contribution is 7.98. The summed E-state index contributed by atoms with van der Waals surface area (Å²) in [5.41, 5.74) is 0.985. The van der Waals surface area contributed by atoms with E-state index in [0.29, 0.717) is 5.75 Å². The minimum atomic E-state index is -0.322. The predicted molar refractivity (Wildman–Crippen MR) is 96.4 cm³/mol. The topological polar surface area (TPSA) is 24.8 Å². The van der Waals surface area contributed by atoms with Crippen molar-refractivity contribution in [1.82, 2.24) is 4.90 Å². The molecular weight excluding hydrogens is 323 g/mol. The number of nitrogens with zero attached hydrogens (tertiary/aromatic N) is 2. The molecule has 0 amide bonds. The third kappa shape index (κ3) is 3.13. The van der Waals surface area contributed by atoms with E-state index in [4.69, 9.17) is 4.74 Å². The van der Waals surface area contributed by atoms with Gasteiger partial charge < -0.3 is 9.64 Å². The largest absolute Gasteiger partial charge is 0.454 e. The summed E-state index contributed by atoms with van der Waals surface area (Å²) in [7, 11) is 0. The number of ether oxygens (including phenoxy) is 1. The number of benzene rings is 2. The van der Waals surface area contributed by atoms with Gasteiger partial charge in [-0.1, -0.05) is 24.3 Å². The molecule has 0 aliphatic carbocycles. The number of hydrogen-bond acceptors (Lipinski definition) is 4. The molecule has 2 aliphatic rings. The normalized spacial score (nSPS) is 20.3. The van der Waals surface area contributed by atoms with Crippen molar-refractivity contribution in [2.45, 2.75) is 18.8 Å². The van der Waals surface area contributed by atoms with Crippen molar-refractivity contribution >= 4 is 17.8 Å². The zero-order chi connectivity index (χ0) is 16.4. The highest BCUT2D eigenvalue weighted by Crippen LogP contribution is 2.35. The summed E-state index contributed by atoms with van der Waals surface area (Å²) >= 11 is 1.62. The lowest BCUT2D eigenvalue weighted by Crippen LogP contribution is -2.43. The first-order valence-electron chi connectivity index (χ1n) is 8.28. The predicted octanol–water partition coefficient (Wildman–Crippen LogP) is 4.86. The second-order valence-electron chi connectivity index (χ2n) is 6.07. The third-order valence-electron chi connectivity index (χ3n) is 4.50. The quantitative estimate of drug-likeness (QED) is 0.745. The Kier molecular flexibility index (Phi) is 4.43. The summed E-state index contributed by atoms with van der Waals surface area (Å²) in [4.78, 5) is 2.34. The fourth-order valence-electron chi connectivity index (χ4n) is 3.31. The number of piperidine rings is 1. The van der Waals surface area contributed by atoms with Crippen molar-refractivity contribution in [2.75, 3.05) is 18.8 Å². The number of halogens is 1. The van der Waals surface area contributed by atoms with Gasteiger partial charge in [0.2, 0.25) is 0 Å². The van der Waals surface area contributed by atoms with Crippen LogP contribution in [-0.2, 0) is 0 Å². The molecule has 0 bridgehead atoms. The van der Waals surface area contributed by atoms with Crippen molar-refractivity contribution in [2.24, 2.45) is 4.40 Å². The minimum absolute atomic E-state index is 0.187. The molecule has 2 aromatic carbocycles. The Morgan fingerprint density at radius 2 is 2.00 bits per heavy atom. The van der Waals surface area contributed by atoms with Crippen molar-refractivity contribution in [3.05, 3.63) is 59.9 Å². The van der Waals surface area contributed by atoms with Gasteiger partial charge >= 0.3 is 0 Å². The second-order valence-corrected chi connectivity index (χ2v) is 6.92. The monoisotopic (exact) mass is 342 g/mol. The summed E-state index contributed by atoms with van der Waals surface area (Å²) in [6, 6.07) is 14.6. The molecule has 3 nitrogen and oxygen atoms in total. The molecule has 0 saturated carbocycles. The first kappa shape index (κ1) is 15.5. The number of amidine groups is 1. The van der Waals surface area contributed by atoms with Crippen LogP contribution in [0.5, 0.6) is 11.5 Å². The van der Waals surface area contributed by atoms with Gasteiger partial charge in [-0.2, -0.15) is 0 Å². The molecule has 124 valence electrons. The molecule has 2 aliphatic heterocycles. The zero-order valence-corrected chi connectivity index (χ0v) is 14.1. The lowest BCUT2D eigenvalue weighted by atomic mass is 9.89. The van der Waals surface area contributed by atoms with Crippen molar-refractivity contribution in [1.29, 1.82) is 0 Å². The first-order valence-corrected chi connectivity index (χ1v) is 9.22. The van der Waals surface area contributed by atoms with E-state index in [1.807, 2.05) is 36.4 Å². The van der Waals surface area contributed by atoms with Crippen LogP contribution in [0.15, 0.2) is 52.9 Å². The molecule has 1 fully saturated rings. The molecule has 0 spiro atoms. The Labute approximate surface area is 145 Å². The summed E-state index contributed by atoms with van der Waals surface area (Å²) < 4.78 is 24.8. The zero-order valence-electron chi connectivity index (χ0n) is 13.3. The van der Waals surface area contributed by atoms with Crippen LogP contribution in [0, 0.1) is 5.82 Å². The van der Waals surface area contributed by atoms with Crippen LogP contribution in [0.25, 0.3) is 0 Å². The fraction of sp³-hybridized carbons (Fsp3) is 0.316. The van der Waals surface area contributed by atoms with Gasteiger partial charge in [0.15, 0.2) is 11.6 Å². The van der Waals surface area contributed by atoms with E-state index in [0.717, 1.165) is 43.1 Å². The molecule has 1 unspecified atom stereocenters. The third-order valence-corrected chi connectivity index (χ3v) is 5.18. The van der Waals surface area contributed by atoms with Crippen LogP contribution < -0.4 is 4.74 Å². The molecule has 0 N–H and O–H groups in total. The Balaban J connectivity index is 1.58. The van der Waals surface area contributed by atoms with Crippen LogP contribution in [0.4, 0.5) is 4.39 Å². The second kappa shape index (κ2) is 6.85. The molecule has 0 radical (unpaired) electrons. The van der Waals surface area contributed by atoms with Crippen LogP contribution in [0.2, 0.25) is 0 Å². The van der Waals surface area contributed by atoms with Crippen molar-refractivity contribution in [3.8, 4) is 11.5 Å². The van der Waals surface area contributed by atoms with E-state index in [1.54, 1.807) is 24.1 Å². The van der Waals surface area contributed by atoms with E-state index in [1.165, 1.54) is 0 Å². The number of rotatable bonds is 3. The Morgan fingerprint density at radius 3 is 2.83 bits per heavy atom. The molecule has 4 rings (SSSR count). The minimum Gasteiger partial charge on any atom is -0.454 e. The lowest BCUT2D eigenvalue weighted by Gasteiger charge is -2.37. The molecule has 0 aromatic heterocycles. The average molecular weight is 342 g/mol. The Bertz CT molecular complexity index is 750. The van der Waals surface area contributed by atoms with E-state index < -0.39 is 0 Å². The summed E-state index contributed by atoms with van der Waals surface area (Å²) in [6.45, 7) is 2.10. The van der Waals surface area contributed by atoms with Gasteiger partial charge in [0.05, 0.1) is 0 Å². The smallest absolute Gasteiger partial charge is 0.166 e. The molecule has 24 heavy (non-hydrogen) atoms. The van der Waals surface area contributed by atoms with Gasteiger partial charge in [-0.25, -0.2) is 8.79 Å². The maximum absolute atomic E-state index is 14.5.